The molecule has 0 spiro atoms. The maximum absolute atomic E-state index is 12.5. The highest BCUT2D eigenvalue weighted by molar-refractivity contribution is 7.89. The summed E-state index contributed by atoms with van der Waals surface area (Å²) in [5, 5.41) is 8.98. The van der Waals surface area contributed by atoms with Gasteiger partial charge >= 0.3 is 11.9 Å². The van der Waals surface area contributed by atoms with E-state index in [1.54, 1.807) is 13.0 Å². The monoisotopic (exact) mass is 355 g/mol. The molecule has 0 atom stereocenters. The molecule has 7 nitrogen and oxygen atoms in total. The van der Waals surface area contributed by atoms with Crippen LogP contribution in [0.3, 0.4) is 0 Å². The molecular formula is C16H21NO6S. The van der Waals surface area contributed by atoms with Crippen molar-refractivity contribution >= 4 is 22.0 Å². The lowest BCUT2D eigenvalue weighted by Gasteiger charge is -2.26. The topological polar surface area (TPSA) is 110 Å². The molecule has 2 rings (SSSR count). The highest BCUT2D eigenvalue weighted by Crippen LogP contribution is 2.26. The average molecular weight is 355 g/mol. The van der Waals surface area contributed by atoms with Gasteiger partial charge < -0.3 is 9.84 Å². The number of rotatable bonds is 5. The number of benzene rings is 1. The molecule has 0 unspecified atom stereocenters. The zero-order chi connectivity index (χ0) is 17.9. The summed E-state index contributed by atoms with van der Waals surface area (Å²) < 4.78 is 32.3. The third kappa shape index (κ3) is 4.12. The minimum Gasteiger partial charge on any atom is -0.481 e. The van der Waals surface area contributed by atoms with E-state index in [9.17, 15) is 18.0 Å². The fourth-order valence-corrected chi connectivity index (χ4v) is 4.17. The largest absolute Gasteiger partial charge is 0.481 e. The first-order chi connectivity index (χ1) is 11.2. The molecule has 0 saturated heterocycles. The molecule has 0 aromatic heterocycles. The minimum atomic E-state index is -3.78. The van der Waals surface area contributed by atoms with Crippen LogP contribution in [-0.2, 0) is 19.6 Å². The van der Waals surface area contributed by atoms with Crippen LogP contribution in [0.2, 0.25) is 0 Å². The Morgan fingerprint density at radius 2 is 1.83 bits per heavy atom. The van der Waals surface area contributed by atoms with Gasteiger partial charge in [-0.25, -0.2) is 17.9 Å². The van der Waals surface area contributed by atoms with Gasteiger partial charge in [0.2, 0.25) is 10.0 Å². The molecule has 0 amide bonds. The molecule has 1 fully saturated rings. The van der Waals surface area contributed by atoms with Gasteiger partial charge in [-0.15, -0.1) is 0 Å². The molecule has 8 heteroatoms. The second kappa shape index (κ2) is 7.31. The Kier molecular flexibility index (Phi) is 5.61. The lowest BCUT2D eigenvalue weighted by Crippen LogP contribution is -2.38. The van der Waals surface area contributed by atoms with Crippen molar-refractivity contribution in [1.82, 2.24) is 4.72 Å². The standard InChI is InChI=1S/C16H21NO6S/c1-10-3-8-13(9-14(10)16(20)23-2)24(21,22)17-12-6-4-11(5-7-12)15(18)19/h3,8-9,11-12,17H,4-7H2,1-2H3,(H,18,19). The SMILES string of the molecule is COC(=O)c1cc(S(=O)(=O)NC2CCC(C(=O)O)CC2)ccc1C. The molecular weight excluding hydrogens is 334 g/mol. The quantitative estimate of drug-likeness (QED) is 0.778. The van der Waals surface area contributed by atoms with Crippen molar-refractivity contribution in [1.29, 1.82) is 0 Å². The fourth-order valence-electron chi connectivity index (χ4n) is 2.84. The van der Waals surface area contributed by atoms with E-state index in [1.165, 1.54) is 19.2 Å². The number of hydrogen-bond donors (Lipinski definition) is 2. The van der Waals surface area contributed by atoms with Crippen LogP contribution in [0.15, 0.2) is 23.1 Å². The molecule has 24 heavy (non-hydrogen) atoms. The summed E-state index contributed by atoms with van der Waals surface area (Å²) in [5.74, 6) is -1.83. The van der Waals surface area contributed by atoms with Crippen LogP contribution in [0.4, 0.5) is 0 Å². The Hall–Kier alpha value is -1.93. The number of carbonyl (C=O) groups excluding carboxylic acids is 1. The number of nitrogens with one attached hydrogen (secondary N) is 1. The molecule has 1 aromatic rings. The number of aryl methyl sites for hydroxylation is 1. The summed E-state index contributed by atoms with van der Waals surface area (Å²) in [4.78, 5) is 22.7. The smallest absolute Gasteiger partial charge is 0.338 e. The Labute approximate surface area is 141 Å². The maximum Gasteiger partial charge on any atom is 0.338 e. The average Bonchev–Trinajstić information content (AvgIpc) is 2.54. The molecule has 0 aliphatic heterocycles. The summed E-state index contributed by atoms with van der Waals surface area (Å²) in [7, 11) is -2.55. The predicted octanol–water partition coefficient (Wildman–Crippen LogP) is 1.70. The van der Waals surface area contributed by atoms with Gasteiger partial charge in [-0.05, 0) is 50.3 Å². The maximum atomic E-state index is 12.5. The van der Waals surface area contributed by atoms with Gasteiger partial charge in [0, 0.05) is 6.04 Å². The van der Waals surface area contributed by atoms with E-state index in [-0.39, 0.29) is 16.5 Å². The fraction of sp³-hybridized carbons (Fsp3) is 0.500. The minimum absolute atomic E-state index is 0.00569. The zero-order valence-electron chi connectivity index (χ0n) is 13.6. The third-order valence-electron chi connectivity index (χ3n) is 4.32. The summed E-state index contributed by atoms with van der Waals surface area (Å²) in [6, 6.07) is 4.00. The lowest BCUT2D eigenvalue weighted by molar-refractivity contribution is -0.142. The highest BCUT2D eigenvalue weighted by Gasteiger charge is 2.29. The van der Waals surface area contributed by atoms with Crippen molar-refractivity contribution in [2.45, 2.75) is 43.5 Å². The number of hydrogen-bond acceptors (Lipinski definition) is 5. The van der Waals surface area contributed by atoms with Crippen LogP contribution in [0.5, 0.6) is 0 Å². The number of aliphatic carboxylic acids is 1. The number of carboxylic acid groups (broad SMARTS) is 1. The molecule has 1 saturated carbocycles. The predicted molar refractivity (Wildman–Crippen MR) is 86.2 cm³/mol. The molecule has 0 radical (unpaired) electrons. The van der Waals surface area contributed by atoms with Crippen LogP contribution in [-0.4, -0.2) is 38.6 Å². The number of methoxy groups -OCH3 is 1. The molecule has 1 aromatic carbocycles. The van der Waals surface area contributed by atoms with Crippen LogP contribution in [0, 0.1) is 12.8 Å². The van der Waals surface area contributed by atoms with Crippen LogP contribution < -0.4 is 4.72 Å². The van der Waals surface area contributed by atoms with Crippen LogP contribution >= 0.6 is 0 Å². The van der Waals surface area contributed by atoms with E-state index in [0.717, 1.165) is 0 Å². The van der Waals surface area contributed by atoms with Crippen molar-refractivity contribution in [3.63, 3.8) is 0 Å². The molecule has 0 heterocycles. The molecule has 1 aliphatic rings. The van der Waals surface area contributed by atoms with Gasteiger partial charge in [-0.3, -0.25) is 4.79 Å². The van der Waals surface area contributed by atoms with Crippen molar-refractivity contribution in [2.75, 3.05) is 7.11 Å². The Balaban J connectivity index is 2.14. The van der Waals surface area contributed by atoms with Gasteiger partial charge in [0.1, 0.15) is 0 Å². The molecule has 132 valence electrons. The molecule has 1 aliphatic carbocycles. The summed E-state index contributed by atoms with van der Waals surface area (Å²) in [5.41, 5.74) is 0.831. The number of ether oxygens (including phenoxy) is 1. The van der Waals surface area contributed by atoms with E-state index in [2.05, 4.69) is 9.46 Å². The Morgan fingerprint density at radius 1 is 1.21 bits per heavy atom. The number of sulfonamides is 1. The first-order valence-electron chi connectivity index (χ1n) is 7.68. The van der Waals surface area contributed by atoms with Crippen molar-refractivity contribution in [2.24, 2.45) is 5.92 Å². The van der Waals surface area contributed by atoms with E-state index in [0.29, 0.717) is 31.2 Å². The van der Waals surface area contributed by atoms with Crippen molar-refractivity contribution in [3.05, 3.63) is 29.3 Å². The Bertz CT molecular complexity index is 735. The van der Waals surface area contributed by atoms with Crippen molar-refractivity contribution in [3.8, 4) is 0 Å². The highest BCUT2D eigenvalue weighted by atomic mass is 32.2. The molecule has 2 N–H and O–H groups in total. The number of carbonyl (C=O) groups is 2. The van der Waals surface area contributed by atoms with Gasteiger partial charge in [0.15, 0.2) is 0 Å². The van der Waals surface area contributed by atoms with Gasteiger partial charge in [0.25, 0.3) is 0 Å². The van der Waals surface area contributed by atoms with E-state index in [1.807, 2.05) is 0 Å². The summed E-state index contributed by atoms with van der Waals surface area (Å²) in [6.45, 7) is 1.70. The third-order valence-corrected chi connectivity index (χ3v) is 5.84. The zero-order valence-corrected chi connectivity index (χ0v) is 14.4. The van der Waals surface area contributed by atoms with Gasteiger partial charge in [0.05, 0.1) is 23.5 Å². The second-order valence-corrected chi connectivity index (χ2v) is 7.69. The van der Waals surface area contributed by atoms with Gasteiger partial charge in [-0.1, -0.05) is 6.07 Å². The summed E-state index contributed by atoms with van der Waals surface area (Å²) in [6.07, 6.45) is 1.85. The van der Waals surface area contributed by atoms with E-state index in [4.69, 9.17) is 5.11 Å². The number of carboxylic acids is 1. The van der Waals surface area contributed by atoms with E-state index < -0.39 is 27.9 Å². The molecule has 0 bridgehead atoms. The lowest BCUT2D eigenvalue weighted by atomic mass is 9.87. The first-order valence-corrected chi connectivity index (χ1v) is 9.17. The first kappa shape index (κ1) is 18.4. The van der Waals surface area contributed by atoms with Gasteiger partial charge in [-0.2, -0.15) is 0 Å². The van der Waals surface area contributed by atoms with E-state index >= 15 is 0 Å². The normalized spacial score (nSPS) is 21.2. The van der Waals surface area contributed by atoms with Crippen LogP contribution in [0.1, 0.15) is 41.6 Å². The Morgan fingerprint density at radius 3 is 2.38 bits per heavy atom. The van der Waals surface area contributed by atoms with Crippen molar-refractivity contribution < 1.29 is 27.9 Å². The summed E-state index contributed by atoms with van der Waals surface area (Å²) >= 11 is 0. The van der Waals surface area contributed by atoms with Crippen LogP contribution in [0.25, 0.3) is 0 Å². The number of esters is 1. The second-order valence-electron chi connectivity index (χ2n) is 5.98.